The molecule has 1 aromatic heterocycles. The normalized spacial score (nSPS) is 10.8. The Kier molecular flexibility index (Phi) is 4.30. The molecule has 0 aliphatic carbocycles. The van der Waals surface area contributed by atoms with Crippen molar-refractivity contribution >= 4 is 5.91 Å². The van der Waals surface area contributed by atoms with Gasteiger partial charge in [-0.05, 0) is 14.0 Å². The average Bonchev–Trinajstić information content (AvgIpc) is 2.44. The van der Waals surface area contributed by atoms with Crippen LogP contribution in [0, 0.1) is 6.92 Å². The van der Waals surface area contributed by atoms with Crippen LogP contribution in [0.25, 0.3) is 0 Å². The molecule has 1 heterocycles. The molecule has 16 heavy (non-hydrogen) atoms. The van der Waals surface area contributed by atoms with Crippen LogP contribution in [0.2, 0.25) is 0 Å². The number of carbonyl (C=O) groups excluding carboxylic acids is 1. The number of likely N-dealkylation sites (N-methyl/N-ethyl adjacent to an activating group) is 1. The van der Waals surface area contributed by atoms with Crippen LogP contribution in [0.4, 0.5) is 0 Å². The molecule has 0 unspecified atom stereocenters. The van der Waals surface area contributed by atoms with E-state index in [0.717, 1.165) is 0 Å². The fourth-order valence-corrected chi connectivity index (χ4v) is 1.27. The number of hydrogen-bond acceptors (Lipinski definition) is 5. The van der Waals surface area contributed by atoms with Gasteiger partial charge in [0.1, 0.15) is 5.76 Å². The summed E-state index contributed by atoms with van der Waals surface area (Å²) in [5.41, 5.74) is 0. The summed E-state index contributed by atoms with van der Waals surface area (Å²) in [6.45, 7) is 4.87. The molecule has 0 saturated heterocycles. The first-order valence-corrected chi connectivity index (χ1v) is 5.01. The molecule has 0 aliphatic rings. The lowest BCUT2D eigenvalue weighted by Gasteiger charge is -2.14. The van der Waals surface area contributed by atoms with Gasteiger partial charge in [0.05, 0.1) is 6.54 Å². The van der Waals surface area contributed by atoms with Gasteiger partial charge in [-0.3, -0.25) is 9.69 Å². The number of hydrogen-bond donors (Lipinski definition) is 1. The summed E-state index contributed by atoms with van der Waals surface area (Å²) in [4.78, 5) is 23.4. The predicted molar refractivity (Wildman–Crippen MR) is 57.0 cm³/mol. The van der Waals surface area contributed by atoms with E-state index in [-0.39, 0.29) is 5.91 Å². The van der Waals surface area contributed by atoms with E-state index in [2.05, 4.69) is 5.32 Å². The van der Waals surface area contributed by atoms with Crippen molar-refractivity contribution in [3.63, 3.8) is 0 Å². The molecular weight excluding hydrogens is 212 g/mol. The Balaban J connectivity index is 2.39. The van der Waals surface area contributed by atoms with Crippen molar-refractivity contribution in [2.45, 2.75) is 20.4 Å². The topological polar surface area (TPSA) is 75.7 Å². The molecule has 0 atom stereocenters. The Morgan fingerprint density at radius 3 is 2.62 bits per heavy atom. The molecule has 1 amide bonds. The second-order valence-corrected chi connectivity index (χ2v) is 3.65. The van der Waals surface area contributed by atoms with E-state index in [0.29, 0.717) is 31.2 Å². The molecule has 1 N–H and O–H groups in total. The van der Waals surface area contributed by atoms with Crippen molar-refractivity contribution in [3.8, 4) is 0 Å². The molecule has 0 radical (unpaired) electrons. The molecule has 0 aromatic carbocycles. The van der Waals surface area contributed by atoms with Crippen LogP contribution in [0.15, 0.2) is 13.6 Å². The van der Waals surface area contributed by atoms with Crippen molar-refractivity contribution < 1.29 is 13.6 Å². The Bertz CT molecular complexity index is 407. The van der Waals surface area contributed by atoms with Crippen molar-refractivity contribution in [1.82, 2.24) is 10.2 Å². The van der Waals surface area contributed by atoms with Gasteiger partial charge in [0.15, 0.2) is 5.76 Å². The monoisotopic (exact) mass is 228 g/mol. The van der Waals surface area contributed by atoms with Crippen LogP contribution in [0.1, 0.15) is 18.4 Å². The summed E-state index contributed by atoms with van der Waals surface area (Å²) >= 11 is 0. The first kappa shape index (κ1) is 12.5. The molecule has 1 aromatic rings. The van der Waals surface area contributed by atoms with E-state index in [1.165, 1.54) is 6.92 Å². The van der Waals surface area contributed by atoms with E-state index in [1.54, 1.807) is 6.92 Å². The third kappa shape index (κ3) is 3.90. The lowest BCUT2D eigenvalue weighted by Crippen LogP contribution is -2.31. The number of nitrogens with zero attached hydrogens (tertiary/aromatic N) is 1. The van der Waals surface area contributed by atoms with Crippen molar-refractivity contribution in [2.24, 2.45) is 0 Å². The van der Waals surface area contributed by atoms with E-state index in [1.807, 2.05) is 11.9 Å². The SMILES string of the molecule is CC(=O)NCCN(C)Cc1oc(=O)oc1C. The summed E-state index contributed by atoms with van der Waals surface area (Å²) in [6.07, 6.45) is 0. The quantitative estimate of drug-likeness (QED) is 0.774. The van der Waals surface area contributed by atoms with Crippen molar-refractivity contribution in [2.75, 3.05) is 20.1 Å². The van der Waals surface area contributed by atoms with Crippen LogP contribution < -0.4 is 11.1 Å². The van der Waals surface area contributed by atoms with E-state index >= 15 is 0 Å². The second kappa shape index (κ2) is 5.50. The summed E-state index contributed by atoms with van der Waals surface area (Å²) in [6, 6.07) is 0. The van der Waals surface area contributed by atoms with Crippen molar-refractivity contribution in [1.29, 1.82) is 0 Å². The van der Waals surface area contributed by atoms with Gasteiger partial charge >= 0.3 is 5.82 Å². The lowest BCUT2D eigenvalue weighted by atomic mass is 10.3. The molecule has 0 bridgehead atoms. The van der Waals surface area contributed by atoms with Crippen LogP contribution >= 0.6 is 0 Å². The zero-order chi connectivity index (χ0) is 12.1. The number of nitrogens with one attached hydrogen (secondary N) is 1. The Labute approximate surface area is 93.2 Å². The minimum atomic E-state index is -0.678. The van der Waals surface area contributed by atoms with Crippen LogP contribution in [-0.2, 0) is 11.3 Å². The molecular formula is C10H16N2O4. The molecule has 0 fully saturated rings. The van der Waals surface area contributed by atoms with Crippen LogP contribution in [-0.4, -0.2) is 30.9 Å². The highest BCUT2D eigenvalue weighted by Crippen LogP contribution is 2.06. The highest BCUT2D eigenvalue weighted by atomic mass is 16.6. The highest BCUT2D eigenvalue weighted by molar-refractivity contribution is 5.72. The zero-order valence-electron chi connectivity index (χ0n) is 9.70. The number of rotatable bonds is 5. The molecule has 6 heteroatoms. The minimum Gasteiger partial charge on any atom is -0.396 e. The highest BCUT2D eigenvalue weighted by Gasteiger charge is 2.10. The molecule has 0 saturated carbocycles. The van der Waals surface area contributed by atoms with Gasteiger partial charge in [-0.1, -0.05) is 0 Å². The van der Waals surface area contributed by atoms with E-state index in [9.17, 15) is 9.59 Å². The Morgan fingerprint density at radius 1 is 1.44 bits per heavy atom. The van der Waals surface area contributed by atoms with Gasteiger partial charge in [0, 0.05) is 20.0 Å². The van der Waals surface area contributed by atoms with Crippen LogP contribution in [0.3, 0.4) is 0 Å². The molecule has 6 nitrogen and oxygen atoms in total. The summed E-state index contributed by atoms with van der Waals surface area (Å²) in [7, 11) is 1.87. The fraction of sp³-hybridized carbons (Fsp3) is 0.600. The number of carbonyl (C=O) groups is 1. The standard InChI is InChI=1S/C10H16N2O4/c1-7-9(16-10(14)15-7)6-12(3)5-4-11-8(2)13/h4-6H2,1-3H3,(H,11,13). The third-order valence-electron chi connectivity index (χ3n) is 2.12. The maximum Gasteiger partial charge on any atom is 0.519 e. The van der Waals surface area contributed by atoms with Gasteiger partial charge in [-0.2, -0.15) is 0 Å². The molecule has 0 aliphatic heterocycles. The second-order valence-electron chi connectivity index (χ2n) is 3.65. The lowest BCUT2D eigenvalue weighted by molar-refractivity contribution is -0.119. The number of aryl methyl sites for hydroxylation is 1. The van der Waals surface area contributed by atoms with Crippen LogP contribution in [0.5, 0.6) is 0 Å². The summed E-state index contributed by atoms with van der Waals surface area (Å²) in [5, 5.41) is 2.69. The zero-order valence-corrected chi connectivity index (χ0v) is 9.70. The van der Waals surface area contributed by atoms with E-state index < -0.39 is 5.82 Å². The molecule has 90 valence electrons. The maximum absolute atomic E-state index is 10.8. The average molecular weight is 228 g/mol. The van der Waals surface area contributed by atoms with Gasteiger partial charge in [0.25, 0.3) is 0 Å². The minimum absolute atomic E-state index is 0.0561. The Hall–Kier alpha value is -1.56. The van der Waals surface area contributed by atoms with E-state index in [4.69, 9.17) is 8.83 Å². The first-order chi connectivity index (χ1) is 7.49. The Morgan fingerprint density at radius 2 is 2.12 bits per heavy atom. The third-order valence-corrected chi connectivity index (χ3v) is 2.12. The first-order valence-electron chi connectivity index (χ1n) is 5.01. The maximum atomic E-state index is 10.8. The van der Waals surface area contributed by atoms with Gasteiger partial charge < -0.3 is 14.2 Å². The summed E-state index contributed by atoms with van der Waals surface area (Å²) in [5.74, 6) is 0.286. The van der Waals surface area contributed by atoms with Gasteiger partial charge in [0.2, 0.25) is 5.91 Å². The van der Waals surface area contributed by atoms with Gasteiger partial charge in [-0.25, -0.2) is 4.79 Å². The fourth-order valence-electron chi connectivity index (χ4n) is 1.27. The summed E-state index contributed by atoms with van der Waals surface area (Å²) < 4.78 is 9.60. The number of amides is 1. The molecule has 0 spiro atoms. The molecule has 1 rings (SSSR count). The largest absolute Gasteiger partial charge is 0.519 e. The smallest absolute Gasteiger partial charge is 0.396 e. The van der Waals surface area contributed by atoms with Crippen molar-refractivity contribution in [3.05, 3.63) is 22.1 Å². The predicted octanol–water partition coefficient (Wildman–Crippen LogP) is 0.109. The van der Waals surface area contributed by atoms with Gasteiger partial charge in [-0.15, -0.1) is 0 Å².